The highest BCUT2D eigenvalue weighted by molar-refractivity contribution is 9.10. The second-order valence-electron chi connectivity index (χ2n) is 5.67. The quantitative estimate of drug-likeness (QED) is 0.747. The summed E-state index contributed by atoms with van der Waals surface area (Å²) in [6.07, 6.45) is 1.90. The van der Waals surface area contributed by atoms with Gasteiger partial charge in [0.25, 0.3) is 0 Å². The predicted octanol–water partition coefficient (Wildman–Crippen LogP) is 1.75. The van der Waals surface area contributed by atoms with Crippen molar-refractivity contribution in [1.82, 2.24) is 10.2 Å². The Morgan fingerprint density at radius 3 is 3.04 bits per heavy atom. The van der Waals surface area contributed by atoms with Crippen LogP contribution in [0.5, 0.6) is 5.75 Å². The monoisotopic (exact) mass is 387 g/mol. The molecule has 1 atom stereocenters. The van der Waals surface area contributed by atoms with Crippen LogP contribution in [0.2, 0.25) is 0 Å². The standard InChI is InChI=1S/C16H23BrFN3O2/c17-13-8-14(18)10-15(9-13)23-7-6-21-5-1-2-12(11-21)16(22)20-4-3-19/h8-10,12H,1-7,11,19H2,(H,20,22). The maximum absolute atomic E-state index is 13.3. The molecule has 1 amide bonds. The number of hydrogen-bond donors (Lipinski definition) is 2. The number of hydrogen-bond acceptors (Lipinski definition) is 4. The molecular formula is C16H23BrFN3O2. The van der Waals surface area contributed by atoms with Crippen molar-refractivity contribution in [1.29, 1.82) is 0 Å². The third-order valence-electron chi connectivity index (χ3n) is 3.83. The third-order valence-corrected chi connectivity index (χ3v) is 4.29. The lowest BCUT2D eigenvalue weighted by molar-refractivity contribution is -0.126. The summed E-state index contributed by atoms with van der Waals surface area (Å²) in [6.45, 7) is 3.84. The SMILES string of the molecule is NCCNC(=O)C1CCCN(CCOc2cc(F)cc(Br)c2)C1. The van der Waals surface area contributed by atoms with Crippen molar-refractivity contribution >= 4 is 21.8 Å². The van der Waals surface area contributed by atoms with E-state index in [9.17, 15) is 9.18 Å². The van der Waals surface area contributed by atoms with Crippen LogP contribution in [0, 0.1) is 11.7 Å². The van der Waals surface area contributed by atoms with Gasteiger partial charge in [-0.1, -0.05) is 15.9 Å². The van der Waals surface area contributed by atoms with Crippen LogP contribution in [0.3, 0.4) is 0 Å². The first-order valence-electron chi connectivity index (χ1n) is 7.87. The number of nitrogens with two attached hydrogens (primary N) is 1. The van der Waals surface area contributed by atoms with E-state index >= 15 is 0 Å². The summed E-state index contributed by atoms with van der Waals surface area (Å²) in [5.74, 6) is 0.267. The second-order valence-corrected chi connectivity index (χ2v) is 6.59. The van der Waals surface area contributed by atoms with E-state index in [1.165, 1.54) is 12.1 Å². The molecule has 128 valence electrons. The Labute approximate surface area is 144 Å². The molecule has 0 bridgehead atoms. The molecule has 1 unspecified atom stereocenters. The molecule has 5 nitrogen and oxygen atoms in total. The minimum absolute atomic E-state index is 0.0126. The van der Waals surface area contributed by atoms with Gasteiger partial charge in [0.1, 0.15) is 18.2 Å². The number of carbonyl (C=O) groups excluding carboxylic acids is 1. The summed E-state index contributed by atoms with van der Waals surface area (Å²) in [4.78, 5) is 14.2. The van der Waals surface area contributed by atoms with Crippen LogP contribution in [0.1, 0.15) is 12.8 Å². The predicted molar refractivity (Wildman–Crippen MR) is 90.8 cm³/mol. The molecule has 3 N–H and O–H groups in total. The number of nitrogens with zero attached hydrogens (tertiary/aromatic N) is 1. The lowest BCUT2D eigenvalue weighted by Gasteiger charge is -2.31. The highest BCUT2D eigenvalue weighted by Gasteiger charge is 2.25. The van der Waals surface area contributed by atoms with Gasteiger partial charge in [-0.05, 0) is 31.5 Å². The molecule has 2 rings (SSSR count). The Morgan fingerprint density at radius 1 is 1.48 bits per heavy atom. The van der Waals surface area contributed by atoms with Gasteiger partial charge in [-0.2, -0.15) is 0 Å². The fraction of sp³-hybridized carbons (Fsp3) is 0.562. The fourth-order valence-corrected chi connectivity index (χ4v) is 3.16. The van der Waals surface area contributed by atoms with Crippen molar-refractivity contribution in [3.8, 4) is 5.75 Å². The lowest BCUT2D eigenvalue weighted by Crippen LogP contribution is -2.45. The highest BCUT2D eigenvalue weighted by atomic mass is 79.9. The lowest BCUT2D eigenvalue weighted by atomic mass is 9.97. The van der Waals surface area contributed by atoms with Gasteiger partial charge in [-0.3, -0.25) is 9.69 Å². The van der Waals surface area contributed by atoms with Crippen LogP contribution < -0.4 is 15.8 Å². The minimum Gasteiger partial charge on any atom is -0.492 e. The number of nitrogens with one attached hydrogen (secondary N) is 1. The van der Waals surface area contributed by atoms with Crippen molar-refractivity contribution in [3.63, 3.8) is 0 Å². The molecule has 0 spiro atoms. The first-order chi connectivity index (χ1) is 11.1. The van der Waals surface area contributed by atoms with E-state index in [-0.39, 0.29) is 17.6 Å². The number of rotatable bonds is 7. The van der Waals surface area contributed by atoms with Crippen LogP contribution >= 0.6 is 15.9 Å². The van der Waals surface area contributed by atoms with Crippen LogP contribution in [0.15, 0.2) is 22.7 Å². The summed E-state index contributed by atoms with van der Waals surface area (Å²) >= 11 is 3.24. The van der Waals surface area contributed by atoms with Crippen LogP contribution in [0.4, 0.5) is 4.39 Å². The molecule has 1 aliphatic rings. The largest absolute Gasteiger partial charge is 0.492 e. The molecule has 1 aromatic rings. The maximum atomic E-state index is 13.3. The van der Waals surface area contributed by atoms with Gasteiger partial charge in [0, 0.05) is 36.7 Å². The molecule has 23 heavy (non-hydrogen) atoms. The number of piperidine rings is 1. The normalized spacial score (nSPS) is 18.7. The number of benzene rings is 1. The summed E-state index contributed by atoms with van der Waals surface area (Å²) in [5.41, 5.74) is 5.40. The van der Waals surface area contributed by atoms with Crippen LogP contribution in [-0.2, 0) is 4.79 Å². The Morgan fingerprint density at radius 2 is 2.30 bits per heavy atom. The Kier molecular flexibility index (Phi) is 7.26. The smallest absolute Gasteiger partial charge is 0.224 e. The zero-order valence-corrected chi connectivity index (χ0v) is 14.6. The zero-order valence-electron chi connectivity index (χ0n) is 13.1. The van der Waals surface area contributed by atoms with E-state index < -0.39 is 0 Å². The van der Waals surface area contributed by atoms with E-state index in [0.29, 0.717) is 29.9 Å². The topological polar surface area (TPSA) is 67.6 Å². The molecule has 1 saturated heterocycles. The van der Waals surface area contributed by atoms with E-state index in [4.69, 9.17) is 10.5 Å². The molecule has 7 heteroatoms. The number of amides is 1. The van der Waals surface area contributed by atoms with Gasteiger partial charge in [0.2, 0.25) is 5.91 Å². The zero-order chi connectivity index (χ0) is 16.7. The maximum Gasteiger partial charge on any atom is 0.224 e. The first kappa shape index (κ1) is 18.2. The Balaban J connectivity index is 1.75. The second kappa shape index (κ2) is 9.20. The van der Waals surface area contributed by atoms with Crippen molar-refractivity contribution in [3.05, 3.63) is 28.5 Å². The molecule has 0 saturated carbocycles. The molecule has 0 aliphatic carbocycles. The van der Waals surface area contributed by atoms with Crippen molar-refractivity contribution in [2.45, 2.75) is 12.8 Å². The van der Waals surface area contributed by atoms with Gasteiger partial charge in [0.15, 0.2) is 0 Å². The Hall–Kier alpha value is -1.18. The van der Waals surface area contributed by atoms with E-state index in [1.807, 2.05) is 0 Å². The molecule has 1 heterocycles. The summed E-state index contributed by atoms with van der Waals surface area (Å²) < 4.78 is 19.5. The van der Waals surface area contributed by atoms with Crippen molar-refractivity contribution < 1.29 is 13.9 Å². The molecule has 1 aromatic carbocycles. The van der Waals surface area contributed by atoms with Crippen LogP contribution in [0.25, 0.3) is 0 Å². The van der Waals surface area contributed by atoms with Crippen LogP contribution in [-0.4, -0.2) is 50.1 Å². The van der Waals surface area contributed by atoms with Gasteiger partial charge in [-0.15, -0.1) is 0 Å². The molecule has 1 fully saturated rings. The van der Waals surface area contributed by atoms with E-state index in [2.05, 4.69) is 26.1 Å². The fourth-order valence-electron chi connectivity index (χ4n) is 2.72. The average Bonchev–Trinajstić information content (AvgIpc) is 2.52. The minimum atomic E-state index is -0.330. The third kappa shape index (κ3) is 6.08. The van der Waals surface area contributed by atoms with Gasteiger partial charge < -0.3 is 15.8 Å². The number of ether oxygens (including phenoxy) is 1. The Bertz CT molecular complexity index is 510. The molecule has 1 aliphatic heterocycles. The summed E-state index contributed by atoms with van der Waals surface area (Å²) in [7, 11) is 0. The summed E-state index contributed by atoms with van der Waals surface area (Å²) in [5, 5.41) is 2.85. The molecular weight excluding hydrogens is 365 g/mol. The highest BCUT2D eigenvalue weighted by Crippen LogP contribution is 2.21. The van der Waals surface area contributed by atoms with Crippen molar-refractivity contribution in [2.24, 2.45) is 11.7 Å². The van der Waals surface area contributed by atoms with Gasteiger partial charge >= 0.3 is 0 Å². The number of likely N-dealkylation sites (tertiary alicyclic amines) is 1. The average molecular weight is 388 g/mol. The summed E-state index contributed by atoms with van der Waals surface area (Å²) in [6, 6.07) is 4.49. The van der Waals surface area contributed by atoms with Gasteiger partial charge in [-0.25, -0.2) is 4.39 Å². The number of halogens is 2. The molecule has 0 radical (unpaired) electrons. The van der Waals surface area contributed by atoms with Gasteiger partial charge in [0.05, 0.1) is 5.92 Å². The first-order valence-corrected chi connectivity index (χ1v) is 8.67. The number of carbonyl (C=O) groups is 1. The van der Waals surface area contributed by atoms with E-state index in [1.54, 1.807) is 6.07 Å². The van der Waals surface area contributed by atoms with Crippen molar-refractivity contribution in [2.75, 3.05) is 39.3 Å². The van der Waals surface area contributed by atoms with E-state index in [0.717, 1.165) is 32.5 Å². The molecule has 0 aromatic heterocycles.